The van der Waals surface area contributed by atoms with E-state index >= 15 is 0 Å². The van der Waals surface area contributed by atoms with Gasteiger partial charge in [0, 0.05) is 20.1 Å². The Balaban J connectivity index is 2.05. The van der Waals surface area contributed by atoms with Crippen LogP contribution in [0, 0.1) is 13.8 Å². The van der Waals surface area contributed by atoms with Crippen molar-refractivity contribution < 1.29 is 0 Å². The Morgan fingerprint density at radius 3 is 2.32 bits per heavy atom. The van der Waals surface area contributed by atoms with Crippen LogP contribution in [-0.2, 0) is 20.1 Å². The molecule has 0 amide bonds. The predicted octanol–water partition coefficient (Wildman–Crippen LogP) is 3.43. The van der Waals surface area contributed by atoms with Crippen LogP contribution in [0.3, 0.4) is 0 Å². The van der Waals surface area contributed by atoms with Gasteiger partial charge < -0.3 is 0 Å². The van der Waals surface area contributed by atoms with E-state index in [1.807, 2.05) is 18.7 Å². The Labute approximate surface area is 123 Å². The summed E-state index contributed by atoms with van der Waals surface area (Å²) in [6.07, 6.45) is 0. The van der Waals surface area contributed by atoms with Gasteiger partial charge in [-0.15, -0.1) is 0 Å². The molecule has 1 aromatic carbocycles. The molecule has 1 heterocycles. The minimum Gasteiger partial charge on any atom is -0.296 e. The first kappa shape index (κ1) is 14.3. The summed E-state index contributed by atoms with van der Waals surface area (Å²) >= 11 is 3.61. The van der Waals surface area contributed by atoms with Crippen LogP contribution in [0.1, 0.15) is 22.5 Å². The molecule has 4 heteroatoms. The van der Waals surface area contributed by atoms with E-state index in [1.165, 1.54) is 16.8 Å². The van der Waals surface area contributed by atoms with Crippen LogP contribution >= 0.6 is 15.9 Å². The number of halogens is 1. The van der Waals surface area contributed by atoms with Gasteiger partial charge in [0.25, 0.3) is 0 Å². The molecule has 0 N–H and O–H groups in total. The van der Waals surface area contributed by atoms with E-state index in [1.54, 1.807) is 0 Å². The summed E-state index contributed by atoms with van der Waals surface area (Å²) < 4.78 is 3.07. The van der Waals surface area contributed by atoms with Crippen LogP contribution in [0.2, 0.25) is 0 Å². The molecule has 0 atom stereocenters. The summed E-state index contributed by atoms with van der Waals surface area (Å²) in [6, 6.07) is 8.70. The summed E-state index contributed by atoms with van der Waals surface area (Å²) in [5, 5.41) is 4.43. The maximum atomic E-state index is 4.43. The lowest BCUT2D eigenvalue weighted by molar-refractivity contribution is 0.309. The molecule has 0 spiro atoms. The molecule has 0 aliphatic carbocycles. The van der Waals surface area contributed by atoms with Crippen molar-refractivity contribution in [2.45, 2.75) is 26.9 Å². The maximum absolute atomic E-state index is 4.43. The second-order valence-electron chi connectivity index (χ2n) is 5.13. The molecule has 2 rings (SSSR count). The third-order valence-corrected chi connectivity index (χ3v) is 4.29. The third-order valence-electron chi connectivity index (χ3n) is 3.25. The van der Waals surface area contributed by atoms with E-state index in [0.717, 1.165) is 23.3 Å². The van der Waals surface area contributed by atoms with Crippen LogP contribution < -0.4 is 0 Å². The molecule has 1 aromatic heterocycles. The van der Waals surface area contributed by atoms with E-state index in [0.29, 0.717) is 0 Å². The van der Waals surface area contributed by atoms with Gasteiger partial charge in [0.2, 0.25) is 0 Å². The van der Waals surface area contributed by atoms with Gasteiger partial charge in [-0.25, -0.2) is 0 Å². The van der Waals surface area contributed by atoms with Gasteiger partial charge in [-0.1, -0.05) is 29.8 Å². The quantitative estimate of drug-likeness (QED) is 0.860. The SMILES string of the molecule is Cc1ccc(CN(C)Cc2c(Br)c(C)nn2C)cc1. The second kappa shape index (κ2) is 5.88. The van der Waals surface area contributed by atoms with Crippen LogP contribution in [0.4, 0.5) is 0 Å². The molecule has 102 valence electrons. The molecular formula is C15H20BrN3. The van der Waals surface area contributed by atoms with E-state index < -0.39 is 0 Å². The Bertz CT molecular complexity index is 558. The van der Waals surface area contributed by atoms with Crippen LogP contribution in [0.15, 0.2) is 28.7 Å². The highest BCUT2D eigenvalue weighted by Gasteiger charge is 2.12. The number of benzene rings is 1. The van der Waals surface area contributed by atoms with Gasteiger partial charge >= 0.3 is 0 Å². The Morgan fingerprint density at radius 1 is 1.16 bits per heavy atom. The third kappa shape index (κ3) is 3.45. The lowest BCUT2D eigenvalue weighted by Crippen LogP contribution is -2.19. The van der Waals surface area contributed by atoms with Gasteiger partial charge in [0.05, 0.1) is 15.9 Å². The van der Waals surface area contributed by atoms with E-state index in [9.17, 15) is 0 Å². The second-order valence-corrected chi connectivity index (χ2v) is 5.92. The monoisotopic (exact) mass is 321 g/mol. The van der Waals surface area contributed by atoms with Gasteiger partial charge in [0.1, 0.15) is 0 Å². The number of hydrogen-bond donors (Lipinski definition) is 0. The number of nitrogens with zero attached hydrogens (tertiary/aromatic N) is 3. The van der Waals surface area contributed by atoms with Crippen molar-refractivity contribution in [3.63, 3.8) is 0 Å². The normalized spacial score (nSPS) is 11.3. The Hall–Kier alpha value is -1.13. The zero-order valence-corrected chi connectivity index (χ0v) is 13.5. The molecule has 3 nitrogen and oxygen atoms in total. The predicted molar refractivity (Wildman–Crippen MR) is 82.0 cm³/mol. The highest BCUT2D eigenvalue weighted by atomic mass is 79.9. The summed E-state index contributed by atoms with van der Waals surface area (Å²) in [4.78, 5) is 2.30. The van der Waals surface area contributed by atoms with Gasteiger partial charge in [-0.2, -0.15) is 5.10 Å². The number of aryl methyl sites for hydroxylation is 3. The minimum atomic E-state index is 0.881. The fraction of sp³-hybridized carbons (Fsp3) is 0.400. The molecular weight excluding hydrogens is 302 g/mol. The standard InChI is InChI=1S/C15H20BrN3/c1-11-5-7-13(8-6-11)9-18(3)10-14-15(16)12(2)17-19(14)4/h5-8H,9-10H2,1-4H3. The number of rotatable bonds is 4. The zero-order chi connectivity index (χ0) is 14.0. The van der Waals surface area contributed by atoms with Crippen molar-refractivity contribution >= 4 is 15.9 Å². The first-order valence-corrected chi connectivity index (χ1v) is 7.18. The van der Waals surface area contributed by atoms with Gasteiger partial charge in [0.15, 0.2) is 0 Å². The fourth-order valence-electron chi connectivity index (χ4n) is 2.17. The molecule has 0 saturated heterocycles. The van der Waals surface area contributed by atoms with E-state index in [-0.39, 0.29) is 0 Å². The number of aromatic nitrogens is 2. The molecule has 0 bridgehead atoms. The lowest BCUT2D eigenvalue weighted by Gasteiger charge is -2.17. The summed E-state index contributed by atoms with van der Waals surface area (Å²) in [5.74, 6) is 0. The highest BCUT2D eigenvalue weighted by Crippen LogP contribution is 2.21. The molecule has 19 heavy (non-hydrogen) atoms. The van der Waals surface area contributed by atoms with Gasteiger partial charge in [-0.3, -0.25) is 9.58 Å². The van der Waals surface area contributed by atoms with Crippen LogP contribution in [0.5, 0.6) is 0 Å². The van der Waals surface area contributed by atoms with Crippen molar-refractivity contribution in [2.75, 3.05) is 7.05 Å². The van der Waals surface area contributed by atoms with Crippen molar-refractivity contribution in [2.24, 2.45) is 7.05 Å². The minimum absolute atomic E-state index is 0.881. The lowest BCUT2D eigenvalue weighted by atomic mass is 10.1. The smallest absolute Gasteiger partial charge is 0.0739 e. The molecule has 0 aliphatic heterocycles. The largest absolute Gasteiger partial charge is 0.296 e. The van der Waals surface area contributed by atoms with Crippen molar-refractivity contribution in [1.82, 2.24) is 14.7 Å². The van der Waals surface area contributed by atoms with Crippen molar-refractivity contribution in [3.05, 3.63) is 51.3 Å². The summed E-state index contributed by atoms with van der Waals surface area (Å²) in [5.41, 5.74) is 4.90. The van der Waals surface area contributed by atoms with Crippen molar-refractivity contribution in [3.8, 4) is 0 Å². The molecule has 0 aliphatic rings. The molecule has 0 unspecified atom stereocenters. The Morgan fingerprint density at radius 2 is 1.79 bits per heavy atom. The first-order valence-electron chi connectivity index (χ1n) is 6.39. The topological polar surface area (TPSA) is 21.1 Å². The van der Waals surface area contributed by atoms with E-state index in [4.69, 9.17) is 0 Å². The van der Waals surface area contributed by atoms with Crippen LogP contribution in [-0.4, -0.2) is 21.7 Å². The zero-order valence-electron chi connectivity index (χ0n) is 11.9. The molecule has 0 saturated carbocycles. The highest BCUT2D eigenvalue weighted by molar-refractivity contribution is 9.10. The average Bonchev–Trinajstić information content (AvgIpc) is 2.59. The fourth-order valence-corrected chi connectivity index (χ4v) is 2.63. The Kier molecular flexibility index (Phi) is 4.42. The average molecular weight is 322 g/mol. The number of hydrogen-bond acceptors (Lipinski definition) is 2. The molecule has 0 radical (unpaired) electrons. The summed E-state index contributed by atoms with van der Waals surface area (Å²) in [6.45, 7) is 5.96. The first-order chi connectivity index (χ1) is 8.97. The summed E-state index contributed by atoms with van der Waals surface area (Å²) in [7, 11) is 4.13. The maximum Gasteiger partial charge on any atom is 0.0739 e. The molecule has 2 aromatic rings. The molecule has 0 fully saturated rings. The van der Waals surface area contributed by atoms with Crippen molar-refractivity contribution in [1.29, 1.82) is 0 Å². The van der Waals surface area contributed by atoms with E-state index in [2.05, 4.69) is 64.2 Å². The van der Waals surface area contributed by atoms with Gasteiger partial charge in [-0.05, 0) is 42.4 Å². The van der Waals surface area contributed by atoms with Crippen LogP contribution in [0.25, 0.3) is 0 Å².